The Morgan fingerprint density at radius 1 is 1.15 bits per heavy atom. The number of ether oxygens (including phenoxy) is 1. The van der Waals surface area contributed by atoms with Gasteiger partial charge in [-0.3, -0.25) is 0 Å². The Kier molecular flexibility index (Phi) is 6.00. The van der Waals surface area contributed by atoms with Gasteiger partial charge >= 0.3 is 0 Å². The lowest BCUT2D eigenvalue weighted by Gasteiger charge is -2.17. The predicted molar refractivity (Wildman–Crippen MR) is 101 cm³/mol. The molecule has 2 aromatic heterocycles. The third-order valence-electron chi connectivity index (χ3n) is 4.26. The van der Waals surface area contributed by atoms with Crippen molar-refractivity contribution in [2.24, 2.45) is 0 Å². The van der Waals surface area contributed by atoms with Crippen LogP contribution in [0, 0.1) is 18.3 Å². The van der Waals surface area contributed by atoms with Crippen LogP contribution in [0.2, 0.25) is 0 Å². The second kappa shape index (κ2) is 8.81. The van der Waals surface area contributed by atoms with Crippen molar-refractivity contribution in [2.45, 2.75) is 19.8 Å². The van der Waals surface area contributed by atoms with Crippen LogP contribution in [0.5, 0.6) is 5.88 Å². The zero-order valence-electron chi connectivity index (χ0n) is 15.4. The van der Waals surface area contributed by atoms with Gasteiger partial charge in [0, 0.05) is 30.4 Å². The molecule has 1 aliphatic heterocycles. The van der Waals surface area contributed by atoms with E-state index >= 15 is 0 Å². The van der Waals surface area contributed by atoms with Gasteiger partial charge in [-0.05, 0) is 31.9 Å². The Morgan fingerprint density at radius 3 is 2.48 bits per heavy atom. The first-order valence-corrected chi connectivity index (χ1v) is 8.74. The largest absolute Gasteiger partial charge is 0.480 e. The maximum atomic E-state index is 8.53. The molecule has 7 heteroatoms. The Labute approximate surface area is 158 Å². The van der Waals surface area contributed by atoms with E-state index in [1.807, 2.05) is 12.1 Å². The van der Waals surface area contributed by atoms with E-state index in [2.05, 4.69) is 44.3 Å². The van der Waals surface area contributed by atoms with Crippen LogP contribution in [0.25, 0.3) is 11.3 Å². The molecule has 1 aliphatic rings. The number of anilines is 1. The van der Waals surface area contributed by atoms with Gasteiger partial charge in [0.2, 0.25) is 5.88 Å². The standard InChI is InChI=1S/C13H14N2O.C7H7N3O/c1-2-9-15(8-1)12-5-3-11(4-6-12)13-7-10-16-14-13;1-5-9-4-6(3-8)7(10-5)11-2/h3-7,10H,1-2,8-9H2;4H,1-2H3. The van der Waals surface area contributed by atoms with Gasteiger partial charge in [-0.15, -0.1) is 0 Å². The number of methoxy groups -OCH3 is 1. The van der Waals surface area contributed by atoms with Crippen molar-refractivity contribution in [3.8, 4) is 23.2 Å². The highest BCUT2D eigenvalue weighted by molar-refractivity contribution is 5.62. The summed E-state index contributed by atoms with van der Waals surface area (Å²) in [6.07, 6.45) is 5.67. The molecule has 0 saturated carbocycles. The van der Waals surface area contributed by atoms with Gasteiger partial charge < -0.3 is 14.2 Å². The SMILES string of the molecule is COc1nc(C)ncc1C#N.c1cc(-c2ccc(N3CCCC3)cc2)no1. The molecule has 27 heavy (non-hydrogen) atoms. The number of nitriles is 1. The van der Waals surface area contributed by atoms with E-state index in [1.165, 1.54) is 44.9 Å². The molecule has 3 heterocycles. The quantitative estimate of drug-likeness (QED) is 0.702. The van der Waals surface area contributed by atoms with E-state index in [0.29, 0.717) is 17.3 Å². The molecule has 0 radical (unpaired) electrons. The minimum Gasteiger partial charge on any atom is -0.480 e. The molecule has 0 N–H and O–H groups in total. The number of aromatic nitrogens is 3. The Morgan fingerprint density at radius 2 is 1.89 bits per heavy atom. The highest BCUT2D eigenvalue weighted by Crippen LogP contribution is 2.24. The lowest BCUT2D eigenvalue weighted by molar-refractivity contribution is 0.394. The lowest BCUT2D eigenvalue weighted by Crippen LogP contribution is -2.17. The zero-order valence-corrected chi connectivity index (χ0v) is 15.4. The summed E-state index contributed by atoms with van der Waals surface area (Å²) >= 11 is 0. The van der Waals surface area contributed by atoms with Crippen LogP contribution in [0.4, 0.5) is 5.69 Å². The van der Waals surface area contributed by atoms with Crippen molar-refractivity contribution in [3.05, 3.63) is 54.2 Å². The normalized spacial score (nSPS) is 12.9. The van der Waals surface area contributed by atoms with Gasteiger partial charge in [0.25, 0.3) is 0 Å². The van der Waals surface area contributed by atoms with Crippen molar-refractivity contribution in [3.63, 3.8) is 0 Å². The predicted octanol–water partition coefficient (Wildman–Crippen LogP) is 3.61. The average Bonchev–Trinajstić information content (AvgIpc) is 3.42. The number of nitrogens with zero attached hydrogens (tertiary/aromatic N) is 5. The molecule has 138 valence electrons. The van der Waals surface area contributed by atoms with Gasteiger partial charge in [-0.25, -0.2) is 4.98 Å². The molecule has 4 rings (SSSR count). The Bertz CT molecular complexity index is 895. The van der Waals surface area contributed by atoms with Crippen LogP contribution < -0.4 is 9.64 Å². The van der Waals surface area contributed by atoms with Crippen molar-refractivity contribution in [1.29, 1.82) is 5.26 Å². The smallest absolute Gasteiger partial charge is 0.234 e. The topological polar surface area (TPSA) is 88.1 Å². The molecule has 3 aromatic rings. The highest BCUT2D eigenvalue weighted by atomic mass is 16.5. The third kappa shape index (κ3) is 4.61. The molecule has 0 spiro atoms. The molecule has 1 fully saturated rings. The monoisotopic (exact) mass is 363 g/mol. The summed E-state index contributed by atoms with van der Waals surface area (Å²) in [7, 11) is 1.47. The molecule has 0 amide bonds. The van der Waals surface area contributed by atoms with E-state index in [4.69, 9.17) is 14.5 Å². The van der Waals surface area contributed by atoms with Crippen molar-refractivity contribution < 1.29 is 9.26 Å². The minimum absolute atomic E-state index is 0.333. The number of hydrogen-bond donors (Lipinski definition) is 0. The molecule has 1 saturated heterocycles. The number of rotatable bonds is 3. The van der Waals surface area contributed by atoms with Gasteiger partial charge in [-0.1, -0.05) is 17.3 Å². The molecule has 0 atom stereocenters. The first-order valence-electron chi connectivity index (χ1n) is 8.74. The zero-order chi connectivity index (χ0) is 19.1. The number of hydrogen-bond acceptors (Lipinski definition) is 7. The molecular weight excluding hydrogens is 342 g/mol. The number of aryl methyl sites for hydroxylation is 1. The van der Waals surface area contributed by atoms with Gasteiger partial charge in [0.05, 0.1) is 13.3 Å². The highest BCUT2D eigenvalue weighted by Gasteiger charge is 2.12. The van der Waals surface area contributed by atoms with Gasteiger partial charge in [0.1, 0.15) is 29.4 Å². The third-order valence-corrected chi connectivity index (χ3v) is 4.26. The van der Waals surface area contributed by atoms with E-state index in [0.717, 1.165) is 11.3 Å². The summed E-state index contributed by atoms with van der Waals surface area (Å²) in [6.45, 7) is 4.11. The molecule has 1 aromatic carbocycles. The Balaban J connectivity index is 0.000000168. The fourth-order valence-electron chi connectivity index (χ4n) is 2.86. The maximum absolute atomic E-state index is 8.53. The lowest BCUT2D eigenvalue weighted by atomic mass is 10.1. The van der Waals surface area contributed by atoms with Crippen LogP contribution in [-0.2, 0) is 0 Å². The fourth-order valence-corrected chi connectivity index (χ4v) is 2.86. The van der Waals surface area contributed by atoms with E-state index < -0.39 is 0 Å². The fraction of sp³-hybridized carbons (Fsp3) is 0.300. The van der Waals surface area contributed by atoms with Crippen LogP contribution >= 0.6 is 0 Å². The summed E-state index contributed by atoms with van der Waals surface area (Å²) < 4.78 is 9.68. The molecule has 0 bridgehead atoms. The van der Waals surface area contributed by atoms with Crippen molar-refractivity contribution >= 4 is 5.69 Å². The van der Waals surface area contributed by atoms with E-state index in [9.17, 15) is 0 Å². The van der Waals surface area contributed by atoms with Crippen LogP contribution in [-0.4, -0.2) is 35.3 Å². The first-order chi connectivity index (χ1) is 13.2. The molecule has 0 unspecified atom stereocenters. The summed E-state index contributed by atoms with van der Waals surface area (Å²) in [5, 5.41) is 12.5. The molecular formula is C20H21N5O2. The second-order valence-electron chi connectivity index (χ2n) is 6.08. The van der Waals surface area contributed by atoms with Gasteiger partial charge in [-0.2, -0.15) is 10.2 Å². The summed E-state index contributed by atoms with van der Waals surface area (Å²) in [5.41, 5.74) is 3.67. The van der Waals surface area contributed by atoms with E-state index in [-0.39, 0.29) is 0 Å². The van der Waals surface area contributed by atoms with Crippen molar-refractivity contribution in [2.75, 3.05) is 25.1 Å². The van der Waals surface area contributed by atoms with E-state index in [1.54, 1.807) is 13.2 Å². The van der Waals surface area contributed by atoms with Crippen LogP contribution in [0.1, 0.15) is 24.2 Å². The molecule has 0 aliphatic carbocycles. The summed E-state index contributed by atoms with van der Waals surface area (Å²) in [6, 6.07) is 12.3. The second-order valence-corrected chi connectivity index (χ2v) is 6.08. The van der Waals surface area contributed by atoms with Crippen LogP contribution in [0.15, 0.2) is 47.3 Å². The van der Waals surface area contributed by atoms with Gasteiger partial charge in [0.15, 0.2) is 0 Å². The Hall–Kier alpha value is -3.40. The summed E-state index contributed by atoms with van der Waals surface area (Å²) in [4.78, 5) is 10.2. The number of benzene rings is 1. The average molecular weight is 363 g/mol. The van der Waals surface area contributed by atoms with Crippen LogP contribution in [0.3, 0.4) is 0 Å². The van der Waals surface area contributed by atoms with Crippen molar-refractivity contribution in [1.82, 2.24) is 15.1 Å². The summed E-state index contributed by atoms with van der Waals surface area (Å²) in [5.74, 6) is 0.931. The first kappa shape index (κ1) is 18.4. The molecule has 7 nitrogen and oxygen atoms in total. The maximum Gasteiger partial charge on any atom is 0.234 e. The minimum atomic E-state index is 0.333.